The normalized spacial score (nSPS) is 15.6. The van der Waals surface area contributed by atoms with Gasteiger partial charge in [-0.3, -0.25) is 4.72 Å². The SMILES string of the molecule is CC(C)(C)CCOc1cccc(-c2sc3nc2-c2ccccc2CCCOCCNc2cccc(n2)S(=O)(=O)N3)c1. The number of rotatable bonds is 4. The van der Waals surface area contributed by atoms with E-state index >= 15 is 0 Å². The van der Waals surface area contributed by atoms with Gasteiger partial charge in [0, 0.05) is 18.7 Å². The second-order valence-corrected chi connectivity index (χ2v) is 13.8. The van der Waals surface area contributed by atoms with Crippen molar-refractivity contribution in [3.8, 4) is 27.4 Å². The predicted octanol–water partition coefficient (Wildman–Crippen LogP) is 6.86. The van der Waals surface area contributed by atoms with Crippen LogP contribution in [0.25, 0.3) is 21.7 Å². The van der Waals surface area contributed by atoms with Crippen LogP contribution in [-0.4, -0.2) is 44.8 Å². The second kappa shape index (κ2) is 12.6. The van der Waals surface area contributed by atoms with E-state index < -0.39 is 10.0 Å². The summed E-state index contributed by atoms with van der Waals surface area (Å²) in [6.07, 6.45) is 2.58. The maximum Gasteiger partial charge on any atom is 0.281 e. The number of sulfonamides is 1. The van der Waals surface area contributed by atoms with Crippen molar-refractivity contribution >= 4 is 32.3 Å². The molecule has 5 rings (SSSR count). The van der Waals surface area contributed by atoms with Crippen molar-refractivity contribution in [1.29, 1.82) is 0 Å². The Bertz CT molecular complexity index is 1600. The zero-order valence-corrected chi connectivity index (χ0v) is 25.3. The molecule has 0 amide bonds. The third kappa shape index (κ3) is 7.63. The first kappa shape index (κ1) is 29.0. The fourth-order valence-electron chi connectivity index (χ4n) is 4.46. The number of pyridine rings is 1. The second-order valence-electron chi connectivity index (χ2n) is 11.2. The van der Waals surface area contributed by atoms with Gasteiger partial charge in [0.05, 0.1) is 23.8 Å². The van der Waals surface area contributed by atoms with Gasteiger partial charge in [-0.05, 0) is 60.1 Å². The number of nitrogens with zero attached hydrogens (tertiary/aromatic N) is 2. The summed E-state index contributed by atoms with van der Waals surface area (Å²) in [6.45, 7) is 8.82. The number of fused-ring (bicyclic) bond motifs is 6. The van der Waals surface area contributed by atoms with Crippen LogP contribution in [0.3, 0.4) is 0 Å². The molecule has 10 heteroatoms. The number of hydrogen-bond donors (Lipinski definition) is 2. The van der Waals surface area contributed by atoms with E-state index in [4.69, 9.17) is 14.5 Å². The Hall–Kier alpha value is -3.47. The smallest absolute Gasteiger partial charge is 0.281 e. The van der Waals surface area contributed by atoms with E-state index in [2.05, 4.69) is 41.9 Å². The van der Waals surface area contributed by atoms with Crippen molar-refractivity contribution < 1.29 is 17.9 Å². The molecule has 2 N–H and O–H groups in total. The molecule has 0 unspecified atom stereocenters. The number of benzene rings is 2. The van der Waals surface area contributed by atoms with Gasteiger partial charge in [0.25, 0.3) is 10.0 Å². The van der Waals surface area contributed by atoms with E-state index in [1.807, 2.05) is 42.5 Å². The van der Waals surface area contributed by atoms with Crippen LogP contribution in [0.15, 0.2) is 71.8 Å². The highest BCUT2D eigenvalue weighted by atomic mass is 32.2. The first-order valence-corrected chi connectivity index (χ1v) is 16.1. The van der Waals surface area contributed by atoms with Crippen LogP contribution in [-0.2, 0) is 21.2 Å². The van der Waals surface area contributed by atoms with E-state index in [-0.39, 0.29) is 15.6 Å². The highest BCUT2D eigenvalue weighted by Crippen LogP contribution is 2.42. The van der Waals surface area contributed by atoms with Crippen LogP contribution in [0.5, 0.6) is 5.75 Å². The average molecular weight is 593 g/mol. The maximum absolute atomic E-state index is 13.4. The number of hydrogen-bond acceptors (Lipinski definition) is 8. The molecular weight excluding hydrogens is 556 g/mol. The third-order valence-electron chi connectivity index (χ3n) is 6.62. The van der Waals surface area contributed by atoms with Crippen LogP contribution in [0.4, 0.5) is 10.9 Å². The minimum atomic E-state index is -3.98. The molecule has 8 nitrogen and oxygen atoms in total. The molecule has 4 aromatic rings. The van der Waals surface area contributed by atoms with Gasteiger partial charge < -0.3 is 14.8 Å². The van der Waals surface area contributed by atoms with Crippen molar-refractivity contribution in [1.82, 2.24) is 9.97 Å². The lowest BCUT2D eigenvalue weighted by molar-refractivity contribution is 0.141. The van der Waals surface area contributed by atoms with Gasteiger partial charge in [0.2, 0.25) is 0 Å². The summed E-state index contributed by atoms with van der Waals surface area (Å²) in [6, 6.07) is 20.9. The van der Waals surface area contributed by atoms with Crippen molar-refractivity contribution in [2.45, 2.75) is 45.1 Å². The van der Waals surface area contributed by atoms with E-state index in [9.17, 15) is 8.42 Å². The van der Waals surface area contributed by atoms with Crippen molar-refractivity contribution in [3.63, 3.8) is 0 Å². The van der Waals surface area contributed by atoms with E-state index in [0.717, 1.165) is 52.3 Å². The Morgan fingerprint density at radius 3 is 2.68 bits per heavy atom. The number of thiazole rings is 1. The monoisotopic (exact) mass is 592 g/mol. The summed E-state index contributed by atoms with van der Waals surface area (Å²) in [4.78, 5) is 10.0. The summed E-state index contributed by atoms with van der Waals surface area (Å²) < 4.78 is 41.4. The Labute approximate surface area is 246 Å². The van der Waals surface area contributed by atoms with Gasteiger partial charge in [-0.2, -0.15) is 8.42 Å². The van der Waals surface area contributed by atoms with Gasteiger partial charge in [-0.25, -0.2) is 9.97 Å². The first-order valence-electron chi connectivity index (χ1n) is 13.8. The van der Waals surface area contributed by atoms with Crippen LogP contribution >= 0.6 is 11.3 Å². The molecule has 2 aromatic heterocycles. The average Bonchev–Trinajstić information content (AvgIpc) is 3.35. The van der Waals surface area contributed by atoms with Crippen molar-refractivity contribution in [2.24, 2.45) is 5.41 Å². The highest BCUT2D eigenvalue weighted by Gasteiger charge is 2.23. The summed E-state index contributed by atoms with van der Waals surface area (Å²) in [5, 5.41) is 3.33. The van der Waals surface area contributed by atoms with Gasteiger partial charge in [0.1, 0.15) is 11.6 Å². The molecule has 216 valence electrons. The lowest BCUT2D eigenvalue weighted by atomic mass is 9.93. The molecule has 41 heavy (non-hydrogen) atoms. The zero-order chi connectivity index (χ0) is 28.9. The summed E-state index contributed by atoms with van der Waals surface area (Å²) in [7, 11) is -3.98. The lowest BCUT2D eigenvalue weighted by Gasteiger charge is -2.18. The standard InChI is InChI=1S/C31H36N4O4S2/c1-31(2,3)16-19-39-24-12-6-10-23(21-24)29-28-25-13-5-4-9-22(25)11-8-18-38-20-17-32-26-14-7-15-27(33-26)41(36,37)35-30(34-28)40-29/h4-7,9-10,12-15,21H,8,11,16-20H2,1-3H3,(H,32,33)(H,34,35). The van der Waals surface area contributed by atoms with Gasteiger partial charge >= 0.3 is 0 Å². The molecule has 3 heterocycles. The Morgan fingerprint density at radius 1 is 1.00 bits per heavy atom. The molecule has 0 fully saturated rings. The van der Waals surface area contributed by atoms with Crippen LogP contribution in [0, 0.1) is 5.41 Å². The number of ether oxygens (including phenoxy) is 2. The Balaban J connectivity index is 1.56. The summed E-state index contributed by atoms with van der Waals surface area (Å²) >= 11 is 1.30. The van der Waals surface area contributed by atoms with Crippen LogP contribution < -0.4 is 14.8 Å². The lowest BCUT2D eigenvalue weighted by Crippen LogP contribution is -2.16. The minimum Gasteiger partial charge on any atom is -0.494 e. The zero-order valence-electron chi connectivity index (χ0n) is 23.6. The predicted molar refractivity (Wildman–Crippen MR) is 165 cm³/mol. The molecule has 0 saturated carbocycles. The molecule has 1 aliphatic rings. The highest BCUT2D eigenvalue weighted by molar-refractivity contribution is 7.92. The number of anilines is 2. The fourth-order valence-corrected chi connectivity index (χ4v) is 6.64. The van der Waals surface area contributed by atoms with Crippen LogP contribution in [0.1, 0.15) is 39.2 Å². The molecule has 0 saturated heterocycles. The topological polar surface area (TPSA) is 102 Å². The summed E-state index contributed by atoms with van der Waals surface area (Å²) in [5.41, 5.74) is 3.91. The molecule has 0 aliphatic carbocycles. The van der Waals surface area contributed by atoms with Gasteiger partial charge in [0.15, 0.2) is 10.2 Å². The number of aryl methyl sites for hydroxylation is 1. The van der Waals surface area contributed by atoms with E-state index in [1.165, 1.54) is 17.4 Å². The molecule has 0 spiro atoms. The molecule has 2 aromatic carbocycles. The molecule has 1 aliphatic heterocycles. The van der Waals surface area contributed by atoms with Crippen molar-refractivity contribution in [3.05, 3.63) is 72.3 Å². The quantitative estimate of drug-likeness (QED) is 0.267. The summed E-state index contributed by atoms with van der Waals surface area (Å²) in [5.74, 6) is 1.23. The number of nitrogens with one attached hydrogen (secondary N) is 2. The van der Waals surface area contributed by atoms with Gasteiger partial charge in [-0.1, -0.05) is 74.6 Å². The van der Waals surface area contributed by atoms with E-state index in [0.29, 0.717) is 32.2 Å². The number of aromatic nitrogens is 2. The maximum atomic E-state index is 13.4. The van der Waals surface area contributed by atoms with Crippen molar-refractivity contribution in [2.75, 3.05) is 36.4 Å². The van der Waals surface area contributed by atoms with Crippen LogP contribution in [0.2, 0.25) is 0 Å². The molecular formula is C31H36N4O4S2. The first-order chi connectivity index (χ1) is 19.7. The minimum absolute atomic E-state index is 0.0827. The largest absolute Gasteiger partial charge is 0.494 e. The van der Waals surface area contributed by atoms with Gasteiger partial charge in [-0.15, -0.1) is 0 Å². The molecule has 4 bridgehead atoms. The molecule has 0 atom stereocenters. The Kier molecular flexibility index (Phi) is 8.91. The Morgan fingerprint density at radius 2 is 1.83 bits per heavy atom. The fraction of sp³-hybridized carbons (Fsp3) is 0.355. The molecule has 0 radical (unpaired) electrons. The third-order valence-corrected chi connectivity index (χ3v) is 9.01. The van der Waals surface area contributed by atoms with E-state index in [1.54, 1.807) is 12.1 Å².